The molecule has 0 aliphatic heterocycles. The summed E-state index contributed by atoms with van der Waals surface area (Å²) in [5.41, 5.74) is 1.75. The van der Waals surface area contributed by atoms with Gasteiger partial charge in [-0.3, -0.25) is 9.59 Å². The standard InChI is InChI=1S/C22H27FN2O2S/c1-22(2,3)13-10-11-15-17(12-13)28-20(18(15)21(27)25(4)5)24-19(26)14-8-6-7-9-16(14)23/h6-9,13H,10-12H2,1-5H3,(H,24,26)/t13-/m0/s1. The first-order chi connectivity index (χ1) is 13.1. The molecule has 0 unspecified atom stereocenters. The van der Waals surface area contributed by atoms with E-state index >= 15 is 0 Å². The number of nitrogens with zero attached hydrogens (tertiary/aromatic N) is 1. The van der Waals surface area contributed by atoms with E-state index < -0.39 is 11.7 Å². The lowest BCUT2D eigenvalue weighted by molar-refractivity contribution is 0.0827. The molecule has 1 aromatic heterocycles. The molecule has 0 fully saturated rings. The van der Waals surface area contributed by atoms with Crippen LogP contribution in [0.4, 0.5) is 9.39 Å². The van der Waals surface area contributed by atoms with Crippen LogP contribution in [0, 0.1) is 17.2 Å². The number of carbonyl (C=O) groups excluding carboxylic acids is 2. The SMILES string of the molecule is CN(C)C(=O)c1c(NC(=O)c2ccccc2F)sc2c1CC[C@H](C(C)(C)C)C2. The number of nitrogens with one attached hydrogen (secondary N) is 1. The van der Waals surface area contributed by atoms with E-state index in [1.807, 2.05) is 0 Å². The fraction of sp³-hybridized carbons (Fsp3) is 0.455. The third kappa shape index (κ3) is 3.97. The van der Waals surface area contributed by atoms with Crippen LogP contribution in [0.1, 0.15) is 58.3 Å². The number of halogens is 1. The normalized spacial score (nSPS) is 16.4. The molecular weight excluding hydrogens is 375 g/mol. The van der Waals surface area contributed by atoms with Crippen LogP contribution in [-0.4, -0.2) is 30.8 Å². The predicted molar refractivity (Wildman–Crippen MR) is 112 cm³/mol. The Morgan fingerprint density at radius 2 is 1.89 bits per heavy atom. The Kier molecular flexibility index (Phi) is 5.62. The molecule has 1 aliphatic carbocycles. The molecule has 28 heavy (non-hydrogen) atoms. The Labute approximate surface area is 169 Å². The largest absolute Gasteiger partial charge is 0.345 e. The Balaban J connectivity index is 1.99. The molecule has 0 spiro atoms. The van der Waals surface area contributed by atoms with Crippen molar-refractivity contribution in [1.29, 1.82) is 0 Å². The molecule has 6 heteroatoms. The van der Waals surface area contributed by atoms with Crippen LogP contribution in [0.5, 0.6) is 0 Å². The fourth-order valence-electron chi connectivity index (χ4n) is 3.68. The summed E-state index contributed by atoms with van der Waals surface area (Å²) in [6.07, 6.45) is 2.73. The topological polar surface area (TPSA) is 49.4 Å². The van der Waals surface area contributed by atoms with Crippen LogP contribution in [0.15, 0.2) is 24.3 Å². The van der Waals surface area contributed by atoms with E-state index in [4.69, 9.17) is 0 Å². The Hall–Kier alpha value is -2.21. The van der Waals surface area contributed by atoms with Gasteiger partial charge in [0.05, 0.1) is 11.1 Å². The molecule has 0 bridgehead atoms. The smallest absolute Gasteiger partial charge is 0.259 e. The van der Waals surface area contributed by atoms with Gasteiger partial charge in [-0.1, -0.05) is 32.9 Å². The van der Waals surface area contributed by atoms with Gasteiger partial charge in [-0.15, -0.1) is 11.3 Å². The lowest BCUT2D eigenvalue weighted by Gasteiger charge is -2.34. The fourth-order valence-corrected chi connectivity index (χ4v) is 4.99. The molecule has 150 valence electrons. The molecule has 1 aromatic carbocycles. The van der Waals surface area contributed by atoms with E-state index in [-0.39, 0.29) is 16.9 Å². The van der Waals surface area contributed by atoms with E-state index in [1.165, 1.54) is 28.4 Å². The Morgan fingerprint density at radius 3 is 2.50 bits per heavy atom. The Bertz CT molecular complexity index is 912. The quantitative estimate of drug-likeness (QED) is 0.786. The molecule has 0 radical (unpaired) electrons. The monoisotopic (exact) mass is 402 g/mol. The van der Waals surface area contributed by atoms with E-state index in [0.29, 0.717) is 16.5 Å². The summed E-state index contributed by atoms with van der Waals surface area (Å²) >= 11 is 1.45. The molecule has 3 rings (SSSR count). The van der Waals surface area contributed by atoms with E-state index in [1.54, 1.807) is 26.2 Å². The molecule has 2 amide bonds. The molecule has 1 heterocycles. The van der Waals surface area contributed by atoms with Gasteiger partial charge >= 0.3 is 0 Å². The van der Waals surface area contributed by atoms with Crippen LogP contribution in [0.3, 0.4) is 0 Å². The van der Waals surface area contributed by atoms with Gasteiger partial charge < -0.3 is 10.2 Å². The van der Waals surface area contributed by atoms with Crippen molar-refractivity contribution in [3.63, 3.8) is 0 Å². The minimum Gasteiger partial charge on any atom is -0.345 e. The van der Waals surface area contributed by atoms with Gasteiger partial charge in [-0.2, -0.15) is 0 Å². The highest BCUT2D eigenvalue weighted by Crippen LogP contribution is 2.44. The highest BCUT2D eigenvalue weighted by atomic mass is 32.1. The zero-order valence-electron chi connectivity index (χ0n) is 17.1. The first-order valence-corrected chi connectivity index (χ1v) is 10.3. The number of carbonyl (C=O) groups is 2. The molecule has 1 aliphatic rings. The van der Waals surface area contributed by atoms with Crippen LogP contribution >= 0.6 is 11.3 Å². The summed E-state index contributed by atoms with van der Waals surface area (Å²) in [5, 5.41) is 3.33. The third-order valence-corrected chi connectivity index (χ3v) is 6.63. The number of hydrogen-bond acceptors (Lipinski definition) is 3. The lowest BCUT2D eigenvalue weighted by atomic mass is 9.72. The van der Waals surface area contributed by atoms with Crippen molar-refractivity contribution in [1.82, 2.24) is 4.90 Å². The van der Waals surface area contributed by atoms with Gasteiger partial charge in [-0.05, 0) is 48.3 Å². The number of rotatable bonds is 3. The van der Waals surface area contributed by atoms with Crippen LogP contribution < -0.4 is 5.32 Å². The zero-order chi connectivity index (χ0) is 20.6. The number of benzene rings is 1. The van der Waals surface area contributed by atoms with Gasteiger partial charge in [0, 0.05) is 19.0 Å². The van der Waals surface area contributed by atoms with Crippen molar-refractivity contribution in [2.45, 2.75) is 40.0 Å². The second-order valence-corrected chi connectivity index (χ2v) is 9.75. The molecule has 1 N–H and O–H groups in total. The predicted octanol–water partition coefficient (Wildman–Crippen LogP) is 4.99. The number of anilines is 1. The maximum atomic E-state index is 14.0. The van der Waals surface area contributed by atoms with Crippen molar-refractivity contribution in [3.05, 3.63) is 51.7 Å². The van der Waals surface area contributed by atoms with E-state index in [9.17, 15) is 14.0 Å². The van der Waals surface area contributed by atoms with Crippen molar-refractivity contribution < 1.29 is 14.0 Å². The number of amides is 2. The summed E-state index contributed by atoms with van der Waals surface area (Å²) in [4.78, 5) is 28.2. The molecule has 1 atom stereocenters. The maximum absolute atomic E-state index is 14.0. The zero-order valence-corrected chi connectivity index (χ0v) is 17.9. The van der Waals surface area contributed by atoms with Crippen molar-refractivity contribution >= 4 is 28.2 Å². The molecule has 2 aromatic rings. The Morgan fingerprint density at radius 1 is 1.21 bits per heavy atom. The average Bonchev–Trinajstić information content (AvgIpc) is 2.97. The van der Waals surface area contributed by atoms with E-state index in [0.717, 1.165) is 29.7 Å². The lowest BCUT2D eigenvalue weighted by Crippen LogP contribution is -2.28. The van der Waals surface area contributed by atoms with Gasteiger partial charge in [0.25, 0.3) is 11.8 Å². The second-order valence-electron chi connectivity index (χ2n) is 8.65. The van der Waals surface area contributed by atoms with Gasteiger partial charge in [0.2, 0.25) is 0 Å². The number of thiophene rings is 1. The minimum absolute atomic E-state index is 0.0234. The highest BCUT2D eigenvalue weighted by Gasteiger charge is 2.34. The summed E-state index contributed by atoms with van der Waals surface area (Å²) in [5.74, 6) is -0.710. The van der Waals surface area contributed by atoms with Crippen LogP contribution in [-0.2, 0) is 12.8 Å². The first-order valence-electron chi connectivity index (χ1n) is 9.51. The minimum atomic E-state index is -0.574. The highest BCUT2D eigenvalue weighted by molar-refractivity contribution is 7.17. The maximum Gasteiger partial charge on any atom is 0.259 e. The van der Waals surface area contributed by atoms with Crippen molar-refractivity contribution in [2.24, 2.45) is 11.3 Å². The number of hydrogen-bond donors (Lipinski definition) is 1. The second kappa shape index (κ2) is 7.66. The third-order valence-electron chi connectivity index (χ3n) is 5.46. The van der Waals surface area contributed by atoms with Gasteiger partial charge in [-0.25, -0.2) is 4.39 Å². The van der Waals surface area contributed by atoms with Crippen molar-refractivity contribution in [3.8, 4) is 0 Å². The molecular formula is C22H27FN2O2S. The summed E-state index contributed by atoms with van der Waals surface area (Å²) < 4.78 is 14.0. The van der Waals surface area contributed by atoms with Crippen LogP contribution in [0.2, 0.25) is 0 Å². The molecule has 0 saturated carbocycles. The average molecular weight is 403 g/mol. The van der Waals surface area contributed by atoms with E-state index in [2.05, 4.69) is 26.1 Å². The van der Waals surface area contributed by atoms with Gasteiger partial charge in [0.1, 0.15) is 10.8 Å². The number of fused-ring (bicyclic) bond motifs is 1. The summed E-state index contributed by atoms with van der Waals surface area (Å²) in [6.45, 7) is 6.72. The first kappa shape index (κ1) is 20.5. The van der Waals surface area contributed by atoms with Gasteiger partial charge in [0.15, 0.2) is 0 Å². The van der Waals surface area contributed by atoms with Crippen molar-refractivity contribution in [2.75, 3.05) is 19.4 Å². The summed E-state index contributed by atoms with van der Waals surface area (Å²) in [6, 6.07) is 5.87. The molecule has 0 saturated heterocycles. The molecule has 4 nitrogen and oxygen atoms in total. The summed E-state index contributed by atoms with van der Waals surface area (Å²) in [7, 11) is 3.41. The van der Waals surface area contributed by atoms with Crippen LogP contribution in [0.25, 0.3) is 0 Å².